The summed E-state index contributed by atoms with van der Waals surface area (Å²) in [6, 6.07) is 5.63. The first-order valence-corrected chi connectivity index (χ1v) is 7.36. The molecule has 2 heterocycles. The van der Waals surface area contributed by atoms with Gasteiger partial charge in [-0.15, -0.1) is 0 Å². The van der Waals surface area contributed by atoms with Crippen LogP contribution < -0.4 is 15.4 Å². The molecule has 0 radical (unpaired) electrons. The standard InChI is InChI=1S/C14H17N3O2S/c1-10-8-11(15)2-3-12(10)19-13-9-16-14(20-13)17-4-6-18-7-5-17/h2-3,8-9H,4-7,15H2,1H3. The van der Waals surface area contributed by atoms with Gasteiger partial charge >= 0.3 is 0 Å². The molecule has 3 rings (SSSR count). The van der Waals surface area contributed by atoms with Crippen LogP contribution >= 0.6 is 11.3 Å². The molecule has 20 heavy (non-hydrogen) atoms. The molecule has 1 aliphatic rings. The van der Waals surface area contributed by atoms with Crippen LogP contribution in [0.5, 0.6) is 10.8 Å². The number of nitrogens with zero attached hydrogens (tertiary/aromatic N) is 2. The molecule has 0 spiro atoms. The Hall–Kier alpha value is -1.79. The summed E-state index contributed by atoms with van der Waals surface area (Å²) in [4.78, 5) is 6.64. The van der Waals surface area contributed by atoms with Gasteiger partial charge in [-0.2, -0.15) is 0 Å². The van der Waals surface area contributed by atoms with Crippen molar-refractivity contribution in [3.63, 3.8) is 0 Å². The molecule has 1 aromatic carbocycles. The minimum atomic E-state index is 0.744. The van der Waals surface area contributed by atoms with Crippen molar-refractivity contribution in [3.05, 3.63) is 30.0 Å². The number of thiazole rings is 1. The van der Waals surface area contributed by atoms with Crippen molar-refractivity contribution in [2.45, 2.75) is 6.92 Å². The Labute approximate surface area is 121 Å². The van der Waals surface area contributed by atoms with Gasteiger partial charge in [0.15, 0.2) is 5.13 Å². The fourth-order valence-corrected chi connectivity index (χ4v) is 2.93. The summed E-state index contributed by atoms with van der Waals surface area (Å²) < 4.78 is 11.2. The van der Waals surface area contributed by atoms with Crippen molar-refractivity contribution in [1.29, 1.82) is 0 Å². The van der Waals surface area contributed by atoms with Gasteiger partial charge in [0, 0.05) is 18.8 Å². The Kier molecular flexibility index (Phi) is 3.75. The zero-order valence-corrected chi connectivity index (χ0v) is 12.2. The summed E-state index contributed by atoms with van der Waals surface area (Å²) >= 11 is 1.55. The van der Waals surface area contributed by atoms with E-state index in [0.717, 1.165) is 53.5 Å². The molecule has 1 saturated heterocycles. The number of rotatable bonds is 3. The van der Waals surface area contributed by atoms with Gasteiger partial charge in [0.25, 0.3) is 0 Å². The predicted octanol–water partition coefficient (Wildman–Crippen LogP) is 2.66. The number of aromatic nitrogens is 1. The number of hydrogen-bond donors (Lipinski definition) is 1. The lowest BCUT2D eigenvalue weighted by Crippen LogP contribution is -2.36. The smallest absolute Gasteiger partial charge is 0.202 e. The largest absolute Gasteiger partial charge is 0.445 e. The maximum atomic E-state index is 5.88. The van der Waals surface area contributed by atoms with Gasteiger partial charge in [0.05, 0.1) is 19.4 Å². The van der Waals surface area contributed by atoms with Crippen molar-refractivity contribution in [3.8, 4) is 10.8 Å². The third-order valence-corrected chi connectivity index (χ3v) is 4.10. The molecule has 0 saturated carbocycles. The maximum Gasteiger partial charge on any atom is 0.202 e. The lowest BCUT2D eigenvalue weighted by atomic mass is 10.2. The molecule has 0 unspecified atom stereocenters. The second-order valence-corrected chi connectivity index (χ2v) is 5.66. The highest BCUT2D eigenvalue weighted by Crippen LogP contribution is 2.34. The van der Waals surface area contributed by atoms with E-state index in [4.69, 9.17) is 15.2 Å². The van der Waals surface area contributed by atoms with Gasteiger partial charge < -0.3 is 20.1 Å². The van der Waals surface area contributed by atoms with Gasteiger partial charge in [0.1, 0.15) is 5.75 Å². The van der Waals surface area contributed by atoms with Gasteiger partial charge in [0.2, 0.25) is 5.06 Å². The first-order valence-electron chi connectivity index (χ1n) is 6.55. The number of anilines is 2. The van der Waals surface area contributed by atoms with Crippen LogP contribution in [0.4, 0.5) is 10.8 Å². The predicted molar refractivity (Wildman–Crippen MR) is 80.8 cm³/mol. The van der Waals surface area contributed by atoms with Gasteiger partial charge in [-0.3, -0.25) is 0 Å². The lowest BCUT2D eigenvalue weighted by Gasteiger charge is -2.25. The van der Waals surface area contributed by atoms with E-state index in [9.17, 15) is 0 Å². The Bertz CT molecular complexity index is 594. The van der Waals surface area contributed by atoms with E-state index in [1.807, 2.05) is 25.1 Å². The number of benzene rings is 1. The highest BCUT2D eigenvalue weighted by molar-refractivity contribution is 7.17. The molecule has 0 bridgehead atoms. The van der Waals surface area contributed by atoms with E-state index >= 15 is 0 Å². The van der Waals surface area contributed by atoms with Crippen molar-refractivity contribution in [1.82, 2.24) is 4.98 Å². The molecular weight excluding hydrogens is 274 g/mol. The Morgan fingerprint density at radius 1 is 1.35 bits per heavy atom. The van der Waals surface area contributed by atoms with Crippen LogP contribution in [-0.4, -0.2) is 31.3 Å². The van der Waals surface area contributed by atoms with Gasteiger partial charge in [-0.05, 0) is 30.7 Å². The SMILES string of the molecule is Cc1cc(N)ccc1Oc1cnc(N2CCOCC2)s1. The van der Waals surface area contributed by atoms with Gasteiger partial charge in [-0.25, -0.2) is 4.98 Å². The van der Waals surface area contributed by atoms with Crippen LogP contribution in [0.1, 0.15) is 5.56 Å². The summed E-state index contributed by atoms with van der Waals surface area (Å²) in [7, 11) is 0. The quantitative estimate of drug-likeness (QED) is 0.881. The van der Waals surface area contributed by atoms with E-state index in [-0.39, 0.29) is 0 Å². The van der Waals surface area contributed by atoms with Crippen LogP contribution in [0.2, 0.25) is 0 Å². The highest BCUT2D eigenvalue weighted by Gasteiger charge is 2.15. The fourth-order valence-electron chi connectivity index (χ4n) is 2.09. The molecule has 0 amide bonds. The molecule has 2 aromatic rings. The number of hydrogen-bond acceptors (Lipinski definition) is 6. The van der Waals surface area contributed by atoms with Crippen LogP contribution in [0.15, 0.2) is 24.4 Å². The number of nitrogens with two attached hydrogens (primary N) is 1. The summed E-state index contributed by atoms with van der Waals surface area (Å²) in [6.45, 7) is 5.26. The zero-order chi connectivity index (χ0) is 13.9. The average molecular weight is 291 g/mol. The minimum absolute atomic E-state index is 0.744. The van der Waals surface area contributed by atoms with E-state index in [0.29, 0.717) is 0 Å². The molecular formula is C14H17N3O2S. The third-order valence-electron chi connectivity index (χ3n) is 3.16. The third kappa shape index (κ3) is 2.86. The minimum Gasteiger partial charge on any atom is -0.445 e. The molecule has 0 atom stereocenters. The van der Waals surface area contributed by atoms with E-state index < -0.39 is 0 Å². The molecule has 106 valence electrons. The number of ether oxygens (including phenoxy) is 2. The van der Waals surface area contributed by atoms with Crippen LogP contribution in [0, 0.1) is 6.92 Å². The normalized spacial score (nSPS) is 15.3. The fraction of sp³-hybridized carbons (Fsp3) is 0.357. The van der Waals surface area contributed by atoms with E-state index in [1.165, 1.54) is 0 Å². The van der Waals surface area contributed by atoms with Crippen LogP contribution in [0.25, 0.3) is 0 Å². The first-order chi connectivity index (χ1) is 9.72. The van der Waals surface area contributed by atoms with Crippen molar-refractivity contribution in [2.75, 3.05) is 36.9 Å². The number of morpholine rings is 1. The Morgan fingerprint density at radius 2 is 2.15 bits per heavy atom. The maximum absolute atomic E-state index is 5.88. The molecule has 1 fully saturated rings. The monoisotopic (exact) mass is 291 g/mol. The zero-order valence-electron chi connectivity index (χ0n) is 11.3. The molecule has 1 aliphatic heterocycles. The number of aryl methyl sites for hydroxylation is 1. The van der Waals surface area contributed by atoms with Crippen molar-refractivity contribution in [2.24, 2.45) is 0 Å². The molecule has 1 aromatic heterocycles. The summed E-state index contributed by atoms with van der Waals surface area (Å²) in [5.74, 6) is 0.816. The highest BCUT2D eigenvalue weighted by atomic mass is 32.1. The number of nitrogen functional groups attached to an aromatic ring is 1. The van der Waals surface area contributed by atoms with E-state index in [2.05, 4.69) is 9.88 Å². The van der Waals surface area contributed by atoms with E-state index in [1.54, 1.807) is 17.5 Å². The Balaban J connectivity index is 1.73. The topological polar surface area (TPSA) is 60.6 Å². The lowest BCUT2D eigenvalue weighted by molar-refractivity contribution is 0.122. The van der Waals surface area contributed by atoms with Crippen molar-refractivity contribution >= 4 is 22.2 Å². The van der Waals surface area contributed by atoms with Crippen molar-refractivity contribution < 1.29 is 9.47 Å². The van der Waals surface area contributed by atoms with Gasteiger partial charge in [-0.1, -0.05) is 11.3 Å². The second-order valence-electron chi connectivity index (χ2n) is 4.69. The second kappa shape index (κ2) is 5.68. The molecule has 5 nitrogen and oxygen atoms in total. The summed E-state index contributed by atoms with van der Waals surface area (Å²) in [5, 5.41) is 1.77. The van der Waals surface area contributed by atoms with Crippen LogP contribution in [-0.2, 0) is 4.74 Å². The summed E-state index contributed by atoms with van der Waals surface area (Å²) in [5.41, 5.74) is 7.50. The Morgan fingerprint density at radius 3 is 2.90 bits per heavy atom. The first kappa shape index (κ1) is 13.2. The van der Waals surface area contributed by atoms with Crippen LogP contribution in [0.3, 0.4) is 0 Å². The molecule has 6 heteroatoms. The molecule has 0 aliphatic carbocycles. The average Bonchev–Trinajstić information content (AvgIpc) is 2.92. The molecule has 2 N–H and O–H groups in total. The summed E-state index contributed by atoms with van der Waals surface area (Å²) in [6.07, 6.45) is 1.77.